The number of carbonyl (C=O) groups excluding carboxylic acids is 1. The number of hydrogen-bond acceptors (Lipinski definition) is 5. The molecule has 0 amide bonds. The first-order valence-electron chi connectivity index (χ1n) is 9.69. The van der Waals surface area contributed by atoms with Gasteiger partial charge in [0.2, 0.25) is 16.0 Å². The normalized spacial score (nSPS) is 13.1. The number of benzene rings is 1. The zero-order chi connectivity index (χ0) is 22.6. The Morgan fingerprint density at radius 3 is 2.27 bits per heavy atom. The van der Waals surface area contributed by atoms with Gasteiger partial charge in [-0.3, -0.25) is 0 Å². The van der Waals surface area contributed by atoms with Crippen molar-refractivity contribution in [2.24, 2.45) is 5.92 Å². The van der Waals surface area contributed by atoms with Crippen molar-refractivity contribution in [1.82, 2.24) is 9.97 Å². The molecule has 0 spiro atoms. The molecule has 6 nitrogen and oxygen atoms in total. The molecule has 0 aliphatic heterocycles. The molecule has 1 aromatic heterocycles. The first kappa shape index (κ1) is 23.7. The van der Waals surface area contributed by atoms with Crippen LogP contribution in [0.4, 0.5) is 10.3 Å². The molecule has 30 heavy (non-hydrogen) atoms. The van der Waals surface area contributed by atoms with Crippen molar-refractivity contribution in [3.8, 4) is 11.3 Å². The fraction of sp³-hybridized carbons (Fsp3) is 0.409. The number of carbonyl (C=O) groups is 1. The third-order valence-corrected chi connectivity index (χ3v) is 5.77. The summed E-state index contributed by atoms with van der Waals surface area (Å²) >= 11 is 0. The summed E-state index contributed by atoms with van der Waals surface area (Å²) in [7, 11) is -2.17. The summed E-state index contributed by atoms with van der Waals surface area (Å²) in [5.41, 5.74) is 2.53. The minimum Gasteiger partial charge on any atom is -0.300 e. The highest BCUT2D eigenvalue weighted by molar-refractivity contribution is 7.92. The monoisotopic (exact) mass is 433 g/mol. The molecule has 0 aliphatic carbocycles. The van der Waals surface area contributed by atoms with Crippen molar-refractivity contribution in [2.45, 2.75) is 40.0 Å². The van der Waals surface area contributed by atoms with Crippen LogP contribution in [0.15, 0.2) is 30.3 Å². The van der Waals surface area contributed by atoms with E-state index in [9.17, 15) is 17.6 Å². The van der Waals surface area contributed by atoms with E-state index in [-0.39, 0.29) is 29.4 Å². The molecule has 0 aliphatic rings. The highest BCUT2D eigenvalue weighted by Crippen LogP contribution is 2.32. The number of aromatic nitrogens is 2. The van der Waals surface area contributed by atoms with Crippen molar-refractivity contribution in [3.05, 3.63) is 47.4 Å². The van der Waals surface area contributed by atoms with Gasteiger partial charge in [0, 0.05) is 24.6 Å². The molecule has 1 heterocycles. The van der Waals surface area contributed by atoms with Crippen LogP contribution < -0.4 is 4.31 Å². The Balaban J connectivity index is 2.74. The molecule has 0 saturated carbocycles. The minimum atomic E-state index is -3.56. The Kier molecular flexibility index (Phi) is 7.47. The van der Waals surface area contributed by atoms with E-state index in [2.05, 4.69) is 9.97 Å². The fourth-order valence-corrected chi connectivity index (χ4v) is 3.36. The Morgan fingerprint density at radius 2 is 1.77 bits per heavy atom. The van der Waals surface area contributed by atoms with Gasteiger partial charge in [-0.1, -0.05) is 32.9 Å². The van der Waals surface area contributed by atoms with E-state index in [0.29, 0.717) is 23.4 Å². The fourth-order valence-electron chi connectivity index (χ4n) is 2.98. The van der Waals surface area contributed by atoms with Crippen LogP contribution in [0.25, 0.3) is 17.3 Å². The number of anilines is 1. The van der Waals surface area contributed by atoms with Gasteiger partial charge in [0.05, 0.1) is 17.6 Å². The number of nitrogens with zero attached hydrogens (tertiary/aromatic N) is 3. The smallest absolute Gasteiger partial charge is 0.239 e. The van der Waals surface area contributed by atoms with E-state index >= 15 is 0 Å². The Bertz CT molecular complexity index is 1050. The highest BCUT2D eigenvalue weighted by atomic mass is 32.2. The predicted octanol–water partition coefficient (Wildman–Crippen LogP) is 4.43. The number of allylic oxidation sites excluding steroid dienone is 1. The van der Waals surface area contributed by atoms with Crippen LogP contribution >= 0.6 is 0 Å². The summed E-state index contributed by atoms with van der Waals surface area (Å²) in [5.74, 6) is -0.244. The molecule has 2 rings (SSSR count). The van der Waals surface area contributed by atoms with E-state index < -0.39 is 10.0 Å². The first-order chi connectivity index (χ1) is 13.9. The number of Topliss-reactive ketones (excluding diaryl/α,β-unsaturated/α-hetero) is 1. The second-order valence-electron chi connectivity index (χ2n) is 7.81. The maximum absolute atomic E-state index is 13.5. The molecule has 1 aromatic carbocycles. The molecule has 8 heteroatoms. The Labute approximate surface area is 177 Å². The zero-order valence-electron chi connectivity index (χ0n) is 18.2. The highest BCUT2D eigenvalue weighted by Gasteiger charge is 2.22. The topological polar surface area (TPSA) is 80.2 Å². The second-order valence-corrected chi connectivity index (χ2v) is 9.82. The lowest BCUT2D eigenvalue weighted by Crippen LogP contribution is -2.27. The van der Waals surface area contributed by atoms with Crippen LogP contribution in [0.1, 0.15) is 51.3 Å². The summed E-state index contributed by atoms with van der Waals surface area (Å²) in [5, 5.41) is 0. The molecular formula is C22H28FN3O3S. The zero-order valence-corrected chi connectivity index (χ0v) is 19.0. The van der Waals surface area contributed by atoms with Gasteiger partial charge in [-0.2, -0.15) is 0 Å². The maximum atomic E-state index is 13.5. The van der Waals surface area contributed by atoms with Crippen molar-refractivity contribution < 1.29 is 17.6 Å². The van der Waals surface area contributed by atoms with E-state index in [1.54, 1.807) is 19.1 Å². The van der Waals surface area contributed by atoms with Gasteiger partial charge in [-0.05, 0) is 43.0 Å². The first-order valence-corrected chi connectivity index (χ1v) is 11.5. The quantitative estimate of drug-likeness (QED) is 0.615. The molecular weight excluding hydrogens is 405 g/mol. The standard InChI is InChI=1S/C22H28FN3O3S/c1-14(2)20-19(12-7-15(3)13-16(4)27)21(17-8-10-18(23)11-9-17)25-22(24-20)26(5)30(6,28)29/h7-12,14-15H,13H2,1-6H3/b12-7+/t15-/m1/s1. The lowest BCUT2D eigenvalue weighted by atomic mass is 9.96. The number of sulfonamides is 1. The largest absolute Gasteiger partial charge is 0.300 e. The molecule has 0 fully saturated rings. The summed E-state index contributed by atoms with van der Waals surface area (Å²) in [6.45, 7) is 7.40. The molecule has 0 bridgehead atoms. The van der Waals surface area contributed by atoms with Crippen LogP contribution in [0.2, 0.25) is 0 Å². The number of ketones is 1. The van der Waals surface area contributed by atoms with E-state index in [0.717, 1.165) is 16.1 Å². The molecule has 0 saturated heterocycles. The molecule has 0 N–H and O–H groups in total. The second kappa shape index (κ2) is 9.47. The van der Waals surface area contributed by atoms with E-state index in [1.807, 2.05) is 32.9 Å². The third kappa shape index (κ3) is 5.95. The van der Waals surface area contributed by atoms with Crippen molar-refractivity contribution in [2.75, 3.05) is 17.6 Å². The van der Waals surface area contributed by atoms with Gasteiger partial charge in [-0.15, -0.1) is 0 Å². The van der Waals surface area contributed by atoms with Gasteiger partial charge in [0.15, 0.2) is 0 Å². The maximum Gasteiger partial charge on any atom is 0.239 e. The van der Waals surface area contributed by atoms with Gasteiger partial charge in [-0.25, -0.2) is 27.1 Å². The Morgan fingerprint density at radius 1 is 1.17 bits per heavy atom. The third-order valence-electron chi connectivity index (χ3n) is 4.61. The average Bonchev–Trinajstić information content (AvgIpc) is 2.64. The molecule has 0 unspecified atom stereocenters. The van der Waals surface area contributed by atoms with Gasteiger partial charge >= 0.3 is 0 Å². The van der Waals surface area contributed by atoms with Gasteiger partial charge < -0.3 is 4.79 Å². The van der Waals surface area contributed by atoms with E-state index in [4.69, 9.17) is 0 Å². The van der Waals surface area contributed by atoms with Crippen LogP contribution in [-0.4, -0.2) is 37.5 Å². The lowest BCUT2D eigenvalue weighted by Gasteiger charge is -2.20. The number of rotatable bonds is 8. The van der Waals surface area contributed by atoms with Gasteiger partial charge in [0.1, 0.15) is 11.6 Å². The van der Waals surface area contributed by atoms with E-state index in [1.165, 1.54) is 19.2 Å². The minimum absolute atomic E-state index is 0.0157. The van der Waals surface area contributed by atoms with Crippen molar-refractivity contribution >= 4 is 27.8 Å². The lowest BCUT2D eigenvalue weighted by molar-refractivity contribution is -0.117. The summed E-state index contributed by atoms with van der Waals surface area (Å²) in [6, 6.07) is 5.86. The van der Waals surface area contributed by atoms with Crippen LogP contribution in [0.3, 0.4) is 0 Å². The Hall–Kier alpha value is -2.61. The molecule has 2 aromatic rings. The summed E-state index contributed by atoms with van der Waals surface area (Å²) in [6.07, 6.45) is 5.28. The van der Waals surface area contributed by atoms with Gasteiger partial charge in [0.25, 0.3) is 0 Å². The molecule has 1 atom stereocenters. The number of hydrogen-bond donors (Lipinski definition) is 0. The summed E-state index contributed by atoms with van der Waals surface area (Å²) < 4.78 is 38.6. The average molecular weight is 434 g/mol. The molecule has 0 radical (unpaired) electrons. The van der Waals surface area contributed by atoms with Crippen molar-refractivity contribution in [3.63, 3.8) is 0 Å². The van der Waals surface area contributed by atoms with Crippen LogP contribution in [-0.2, 0) is 14.8 Å². The van der Waals surface area contributed by atoms with Crippen molar-refractivity contribution in [1.29, 1.82) is 0 Å². The number of halogens is 1. The summed E-state index contributed by atoms with van der Waals surface area (Å²) in [4.78, 5) is 20.5. The molecule has 162 valence electrons. The SMILES string of the molecule is CC(=O)C[C@H](C)/C=C/c1c(-c2ccc(F)cc2)nc(N(C)S(C)(=O)=O)nc1C(C)C. The van der Waals surface area contributed by atoms with Crippen LogP contribution in [0.5, 0.6) is 0 Å². The predicted molar refractivity (Wildman–Crippen MR) is 118 cm³/mol. The van der Waals surface area contributed by atoms with Crippen LogP contribution in [0, 0.1) is 11.7 Å².